The molecule has 0 spiro atoms. The second-order valence-electron chi connectivity index (χ2n) is 4.65. The van der Waals surface area contributed by atoms with E-state index in [4.69, 9.17) is 5.73 Å². The highest BCUT2D eigenvalue weighted by Gasteiger charge is 2.15. The number of aryl methyl sites for hydroxylation is 2. The maximum absolute atomic E-state index is 10.2. The van der Waals surface area contributed by atoms with Crippen molar-refractivity contribution >= 4 is 11.5 Å². The molecule has 19 heavy (non-hydrogen) atoms. The van der Waals surface area contributed by atoms with Crippen molar-refractivity contribution in [1.82, 2.24) is 14.6 Å². The fraction of sp³-hybridized carbons (Fsp3) is 0.143. The zero-order chi connectivity index (χ0) is 13.6. The first-order chi connectivity index (χ1) is 9.08. The van der Waals surface area contributed by atoms with E-state index >= 15 is 0 Å². The van der Waals surface area contributed by atoms with E-state index in [-0.39, 0.29) is 5.75 Å². The lowest BCUT2D eigenvalue weighted by atomic mass is 10.0. The second-order valence-corrected chi connectivity index (χ2v) is 4.65. The Morgan fingerprint density at radius 1 is 1.21 bits per heavy atom. The van der Waals surface area contributed by atoms with Gasteiger partial charge >= 0.3 is 0 Å². The largest absolute Gasteiger partial charge is 0.507 e. The number of nitrogen functional groups attached to an aromatic ring is 1. The molecule has 96 valence electrons. The van der Waals surface area contributed by atoms with Gasteiger partial charge in [-0.25, -0.2) is 0 Å². The van der Waals surface area contributed by atoms with Crippen LogP contribution in [0, 0.1) is 13.8 Å². The van der Waals surface area contributed by atoms with Crippen molar-refractivity contribution in [3.63, 3.8) is 0 Å². The highest BCUT2D eigenvalue weighted by atomic mass is 16.3. The van der Waals surface area contributed by atoms with Crippen LogP contribution < -0.4 is 5.73 Å². The number of nitrogens with zero attached hydrogens (tertiary/aromatic N) is 3. The van der Waals surface area contributed by atoms with Crippen molar-refractivity contribution in [2.75, 3.05) is 5.73 Å². The van der Waals surface area contributed by atoms with E-state index in [1.807, 2.05) is 38.2 Å². The lowest BCUT2D eigenvalue weighted by molar-refractivity contribution is 0.476. The third-order valence-electron chi connectivity index (χ3n) is 3.19. The molecule has 2 heterocycles. The van der Waals surface area contributed by atoms with Gasteiger partial charge in [-0.1, -0.05) is 6.07 Å². The molecular formula is C14H14N4O. The van der Waals surface area contributed by atoms with E-state index < -0.39 is 0 Å². The normalized spacial score (nSPS) is 11.1. The molecule has 2 aromatic heterocycles. The first kappa shape index (κ1) is 11.5. The molecule has 0 fully saturated rings. The Bertz CT molecular complexity index is 753. The number of nitrogens with two attached hydrogens (primary N) is 1. The molecule has 3 N–H and O–H groups in total. The predicted octanol–water partition coefficient (Wildman–Crippen LogP) is 2.30. The maximum atomic E-state index is 10.2. The van der Waals surface area contributed by atoms with Gasteiger partial charge in [-0.2, -0.15) is 0 Å². The Balaban J connectivity index is 2.37. The second kappa shape index (κ2) is 3.98. The molecule has 5 heteroatoms. The molecule has 0 aliphatic carbocycles. The summed E-state index contributed by atoms with van der Waals surface area (Å²) in [5.41, 5.74) is 9.90. The molecule has 0 aliphatic rings. The van der Waals surface area contributed by atoms with Crippen LogP contribution in [0.3, 0.4) is 0 Å². The Labute approximate surface area is 110 Å². The number of aromatic hydroxyl groups is 1. The molecule has 0 unspecified atom stereocenters. The van der Waals surface area contributed by atoms with E-state index in [1.54, 1.807) is 10.5 Å². The summed E-state index contributed by atoms with van der Waals surface area (Å²) >= 11 is 0. The van der Waals surface area contributed by atoms with Crippen molar-refractivity contribution < 1.29 is 5.11 Å². The van der Waals surface area contributed by atoms with Gasteiger partial charge in [-0.05, 0) is 43.2 Å². The number of fused-ring (bicyclic) bond motifs is 1. The minimum absolute atomic E-state index is 0.208. The number of benzene rings is 1. The summed E-state index contributed by atoms with van der Waals surface area (Å²) in [6.07, 6.45) is 1.82. The Hall–Kier alpha value is -2.56. The highest BCUT2D eigenvalue weighted by molar-refractivity contribution is 5.83. The summed E-state index contributed by atoms with van der Waals surface area (Å²) < 4.78 is 1.75. The summed E-state index contributed by atoms with van der Waals surface area (Å²) in [6.45, 7) is 3.89. The van der Waals surface area contributed by atoms with Crippen LogP contribution in [-0.2, 0) is 0 Å². The monoisotopic (exact) mass is 254 g/mol. The third-order valence-corrected chi connectivity index (χ3v) is 3.19. The summed E-state index contributed by atoms with van der Waals surface area (Å²) in [5, 5.41) is 18.3. The van der Waals surface area contributed by atoms with Crippen LogP contribution in [0.2, 0.25) is 0 Å². The lowest BCUT2D eigenvalue weighted by Gasteiger charge is -2.11. The third kappa shape index (κ3) is 1.71. The van der Waals surface area contributed by atoms with Gasteiger partial charge in [0.25, 0.3) is 0 Å². The quantitative estimate of drug-likeness (QED) is 0.698. The Kier molecular flexibility index (Phi) is 2.41. The van der Waals surface area contributed by atoms with Crippen molar-refractivity contribution in [2.24, 2.45) is 0 Å². The number of phenols is 1. The van der Waals surface area contributed by atoms with E-state index in [0.717, 1.165) is 16.6 Å². The molecule has 3 aromatic rings. The van der Waals surface area contributed by atoms with Gasteiger partial charge in [-0.3, -0.25) is 4.40 Å². The molecule has 1 aromatic carbocycles. The minimum atomic E-state index is 0.208. The average Bonchev–Trinajstić information content (AvgIpc) is 2.80. The van der Waals surface area contributed by atoms with Gasteiger partial charge in [-0.15, -0.1) is 10.2 Å². The van der Waals surface area contributed by atoms with Gasteiger partial charge in [0, 0.05) is 11.8 Å². The SMILES string of the molecule is Cc1cc(C)c(-c2nnc(N)n3cccc23)c(O)c1. The van der Waals surface area contributed by atoms with Gasteiger partial charge in [0.1, 0.15) is 11.4 Å². The summed E-state index contributed by atoms with van der Waals surface area (Å²) in [6, 6.07) is 7.50. The number of anilines is 1. The van der Waals surface area contributed by atoms with Crippen molar-refractivity contribution in [3.05, 3.63) is 41.6 Å². The van der Waals surface area contributed by atoms with E-state index in [9.17, 15) is 5.11 Å². The van der Waals surface area contributed by atoms with E-state index in [1.165, 1.54) is 0 Å². The summed E-state index contributed by atoms with van der Waals surface area (Å²) in [5.74, 6) is 0.535. The zero-order valence-corrected chi connectivity index (χ0v) is 10.8. The van der Waals surface area contributed by atoms with Gasteiger partial charge in [0.05, 0.1) is 5.52 Å². The van der Waals surface area contributed by atoms with E-state index in [0.29, 0.717) is 17.2 Å². The minimum Gasteiger partial charge on any atom is -0.507 e. The molecule has 0 atom stereocenters. The Morgan fingerprint density at radius 2 is 2.00 bits per heavy atom. The smallest absolute Gasteiger partial charge is 0.225 e. The van der Waals surface area contributed by atoms with Crippen LogP contribution in [0.15, 0.2) is 30.5 Å². The topological polar surface area (TPSA) is 76.4 Å². The molecule has 0 saturated carbocycles. The molecule has 5 nitrogen and oxygen atoms in total. The number of aromatic nitrogens is 3. The van der Waals surface area contributed by atoms with Crippen LogP contribution >= 0.6 is 0 Å². The highest BCUT2D eigenvalue weighted by Crippen LogP contribution is 2.34. The van der Waals surface area contributed by atoms with Crippen molar-refractivity contribution in [1.29, 1.82) is 0 Å². The van der Waals surface area contributed by atoms with Crippen LogP contribution in [0.25, 0.3) is 16.8 Å². The van der Waals surface area contributed by atoms with Crippen molar-refractivity contribution in [2.45, 2.75) is 13.8 Å². The molecule has 0 aliphatic heterocycles. The number of phenolic OH excluding ortho intramolecular Hbond substituents is 1. The molecular weight excluding hydrogens is 240 g/mol. The molecule has 0 amide bonds. The lowest BCUT2D eigenvalue weighted by Crippen LogP contribution is -2.04. The number of hydrogen-bond acceptors (Lipinski definition) is 4. The molecule has 3 rings (SSSR count). The first-order valence-corrected chi connectivity index (χ1v) is 5.97. The van der Waals surface area contributed by atoms with Gasteiger partial charge < -0.3 is 10.8 Å². The molecule has 0 bridgehead atoms. The summed E-state index contributed by atoms with van der Waals surface area (Å²) in [7, 11) is 0. The molecule has 0 radical (unpaired) electrons. The fourth-order valence-electron chi connectivity index (χ4n) is 2.41. The Morgan fingerprint density at radius 3 is 2.74 bits per heavy atom. The predicted molar refractivity (Wildman–Crippen MR) is 74.0 cm³/mol. The van der Waals surface area contributed by atoms with Crippen LogP contribution in [0.1, 0.15) is 11.1 Å². The van der Waals surface area contributed by atoms with Gasteiger partial charge in [0.2, 0.25) is 5.95 Å². The molecule has 0 saturated heterocycles. The standard InChI is InChI=1S/C14H14N4O/c1-8-6-9(2)12(11(19)7-8)13-10-4-3-5-18(10)14(15)17-16-13/h3-7,19H,1-2H3,(H2,15,17). The maximum Gasteiger partial charge on any atom is 0.225 e. The van der Waals surface area contributed by atoms with E-state index in [2.05, 4.69) is 10.2 Å². The number of rotatable bonds is 1. The van der Waals surface area contributed by atoms with Crippen LogP contribution in [-0.4, -0.2) is 19.7 Å². The van der Waals surface area contributed by atoms with Crippen LogP contribution in [0.5, 0.6) is 5.75 Å². The van der Waals surface area contributed by atoms with Crippen LogP contribution in [0.4, 0.5) is 5.95 Å². The van der Waals surface area contributed by atoms with Gasteiger partial charge in [0.15, 0.2) is 0 Å². The average molecular weight is 254 g/mol. The number of hydrogen-bond donors (Lipinski definition) is 2. The fourth-order valence-corrected chi connectivity index (χ4v) is 2.41. The van der Waals surface area contributed by atoms with Crippen molar-refractivity contribution in [3.8, 4) is 17.0 Å². The first-order valence-electron chi connectivity index (χ1n) is 5.97. The zero-order valence-electron chi connectivity index (χ0n) is 10.8. The summed E-state index contributed by atoms with van der Waals surface area (Å²) in [4.78, 5) is 0.